The number of aryl methyl sites for hydroxylation is 1. The lowest BCUT2D eigenvalue weighted by molar-refractivity contribution is 0.394. The van der Waals surface area contributed by atoms with Crippen molar-refractivity contribution in [1.82, 2.24) is 19.5 Å². The number of nitrogens with zero attached hydrogens (tertiary/aromatic N) is 4. The van der Waals surface area contributed by atoms with Crippen LogP contribution in [0.5, 0.6) is 0 Å². The number of benzene rings is 1. The van der Waals surface area contributed by atoms with Gasteiger partial charge in [0.05, 0.1) is 11.0 Å². The highest BCUT2D eigenvalue weighted by Crippen LogP contribution is 2.31. The van der Waals surface area contributed by atoms with Gasteiger partial charge in [0.15, 0.2) is 0 Å². The molecule has 1 aliphatic heterocycles. The Bertz CT molecular complexity index is 1010. The number of anilines is 1. The van der Waals surface area contributed by atoms with Crippen molar-refractivity contribution in [1.29, 1.82) is 0 Å². The maximum Gasteiger partial charge on any atom is 0.326 e. The van der Waals surface area contributed by atoms with Gasteiger partial charge in [0.25, 0.3) is 0 Å². The van der Waals surface area contributed by atoms with E-state index in [4.69, 9.17) is 0 Å². The number of imidazole rings is 1. The summed E-state index contributed by atoms with van der Waals surface area (Å²) in [6, 6.07) is 8.21. The van der Waals surface area contributed by atoms with Crippen molar-refractivity contribution in [3.8, 4) is 0 Å². The fraction of sp³-hybridized carbons (Fsp3) is 0.476. The number of aromatic nitrogens is 4. The normalized spacial score (nSPS) is 18.4. The third-order valence-electron chi connectivity index (χ3n) is 6.11. The predicted molar refractivity (Wildman–Crippen MR) is 106 cm³/mol. The maximum atomic E-state index is 12.5. The van der Waals surface area contributed by atoms with E-state index >= 15 is 0 Å². The minimum absolute atomic E-state index is 0.00514. The number of hydrogen-bond acceptors (Lipinski definition) is 4. The van der Waals surface area contributed by atoms with E-state index in [-0.39, 0.29) is 11.7 Å². The summed E-state index contributed by atoms with van der Waals surface area (Å²) in [5.74, 6) is 1.13. The Morgan fingerprint density at radius 3 is 2.70 bits per heavy atom. The average molecular weight is 363 g/mol. The Hall–Kier alpha value is -2.63. The summed E-state index contributed by atoms with van der Waals surface area (Å²) in [6.07, 6.45) is 9.56. The van der Waals surface area contributed by atoms with Crippen LogP contribution in [-0.4, -0.2) is 32.6 Å². The van der Waals surface area contributed by atoms with Gasteiger partial charge < -0.3 is 9.88 Å². The summed E-state index contributed by atoms with van der Waals surface area (Å²) in [4.78, 5) is 27.1. The van der Waals surface area contributed by atoms with Crippen LogP contribution in [0.2, 0.25) is 0 Å². The zero-order valence-electron chi connectivity index (χ0n) is 15.5. The van der Waals surface area contributed by atoms with Crippen LogP contribution < -0.4 is 10.6 Å². The van der Waals surface area contributed by atoms with Gasteiger partial charge in [-0.25, -0.2) is 14.8 Å². The van der Waals surface area contributed by atoms with E-state index in [9.17, 15) is 4.79 Å². The van der Waals surface area contributed by atoms with Gasteiger partial charge in [-0.05, 0) is 50.7 Å². The molecule has 6 heteroatoms. The number of aromatic amines is 1. The van der Waals surface area contributed by atoms with Crippen LogP contribution in [-0.2, 0) is 12.8 Å². The van der Waals surface area contributed by atoms with Gasteiger partial charge in [-0.15, -0.1) is 0 Å². The van der Waals surface area contributed by atoms with Gasteiger partial charge >= 0.3 is 5.69 Å². The van der Waals surface area contributed by atoms with E-state index < -0.39 is 0 Å². The minimum Gasteiger partial charge on any atom is -0.356 e. The zero-order valence-corrected chi connectivity index (χ0v) is 15.5. The number of nitrogens with one attached hydrogen (secondary N) is 1. The van der Waals surface area contributed by atoms with Crippen LogP contribution in [0.3, 0.4) is 0 Å². The van der Waals surface area contributed by atoms with Crippen molar-refractivity contribution in [2.24, 2.45) is 0 Å². The fourth-order valence-electron chi connectivity index (χ4n) is 4.73. The molecule has 2 aromatic heterocycles. The third-order valence-corrected chi connectivity index (χ3v) is 6.11. The summed E-state index contributed by atoms with van der Waals surface area (Å²) < 4.78 is 1.95. The van der Waals surface area contributed by atoms with Crippen LogP contribution >= 0.6 is 0 Å². The van der Waals surface area contributed by atoms with Crippen LogP contribution in [0.1, 0.15) is 49.4 Å². The van der Waals surface area contributed by atoms with Crippen molar-refractivity contribution in [3.05, 3.63) is 52.3 Å². The molecule has 27 heavy (non-hydrogen) atoms. The zero-order chi connectivity index (χ0) is 18.2. The second-order valence-corrected chi connectivity index (χ2v) is 7.72. The van der Waals surface area contributed by atoms with Gasteiger partial charge in [-0.1, -0.05) is 18.6 Å². The van der Waals surface area contributed by atoms with E-state index in [1.807, 2.05) is 28.8 Å². The standard InChI is InChI=1S/C21H25N5O/c27-21-24-18-8-4-5-9-19(18)26(21)15-10-12-25(13-11-15)20-16-6-2-1-3-7-17(16)22-14-23-20/h4-5,8-9,14-15H,1-3,6-7,10-13H2,(H,24,27). The van der Waals surface area contributed by atoms with Gasteiger partial charge in [0, 0.05) is 30.4 Å². The Balaban J connectivity index is 1.39. The van der Waals surface area contributed by atoms with E-state index in [0.29, 0.717) is 0 Å². The van der Waals surface area contributed by atoms with E-state index in [0.717, 1.165) is 55.6 Å². The molecule has 3 aromatic rings. The molecule has 6 nitrogen and oxygen atoms in total. The summed E-state index contributed by atoms with van der Waals surface area (Å²) in [6.45, 7) is 1.86. The molecule has 3 heterocycles. The molecule has 5 rings (SSSR count). The molecular weight excluding hydrogens is 338 g/mol. The fourth-order valence-corrected chi connectivity index (χ4v) is 4.73. The molecule has 0 amide bonds. The predicted octanol–water partition coefficient (Wildman–Crippen LogP) is 3.23. The highest BCUT2D eigenvalue weighted by atomic mass is 16.1. The Labute approximate surface area is 158 Å². The summed E-state index contributed by atoms with van der Waals surface area (Å²) in [7, 11) is 0. The summed E-state index contributed by atoms with van der Waals surface area (Å²) in [5, 5.41) is 0. The SMILES string of the molecule is O=c1[nH]c2ccccc2n1C1CCN(c2ncnc3c2CCCCC3)CC1. The molecule has 0 spiro atoms. The molecule has 0 bridgehead atoms. The number of H-pyrrole nitrogens is 1. The quantitative estimate of drug-likeness (QED) is 0.710. The Morgan fingerprint density at radius 1 is 1.00 bits per heavy atom. The first kappa shape index (κ1) is 16.5. The van der Waals surface area contributed by atoms with Crippen molar-refractivity contribution >= 4 is 16.9 Å². The summed E-state index contributed by atoms with van der Waals surface area (Å²) >= 11 is 0. The van der Waals surface area contributed by atoms with Crippen molar-refractivity contribution < 1.29 is 0 Å². The molecule has 1 aromatic carbocycles. The first-order chi connectivity index (χ1) is 13.3. The van der Waals surface area contributed by atoms with Crippen LogP contribution in [0.15, 0.2) is 35.4 Å². The Morgan fingerprint density at radius 2 is 1.81 bits per heavy atom. The third kappa shape index (κ3) is 2.93. The topological polar surface area (TPSA) is 66.8 Å². The number of fused-ring (bicyclic) bond motifs is 2. The Kier molecular flexibility index (Phi) is 4.19. The van der Waals surface area contributed by atoms with Gasteiger partial charge in [-0.3, -0.25) is 4.57 Å². The van der Waals surface area contributed by atoms with E-state index in [1.54, 1.807) is 6.33 Å². The lowest BCUT2D eigenvalue weighted by atomic mass is 10.0. The van der Waals surface area contributed by atoms with Crippen molar-refractivity contribution in [2.45, 2.75) is 51.0 Å². The molecule has 1 N–H and O–H groups in total. The van der Waals surface area contributed by atoms with Crippen LogP contribution in [0.25, 0.3) is 11.0 Å². The summed E-state index contributed by atoms with van der Waals surface area (Å²) in [5.41, 5.74) is 4.54. The average Bonchev–Trinajstić information content (AvgIpc) is 2.87. The second-order valence-electron chi connectivity index (χ2n) is 7.72. The van der Waals surface area contributed by atoms with Gasteiger partial charge in [0.2, 0.25) is 0 Å². The maximum absolute atomic E-state index is 12.5. The molecule has 0 atom stereocenters. The van der Waals surface area contributed by atoms with E-state index in [2.05, 4.69) is 19.9 Å². The second kappa shape index (κ2) is 6.83. The number of piperidine rings is 1. The smallest absolute Gasteiger partial charge is 0.326 e. The number of hydrogen-bond donors (Lipinski definition) is 1. The largest absolute Gasteiger partial charge is 0.356 e. The van der Waals surface area contributed by atoms with E-state index in [1.165, 1.54) is 30.5 Å². The van der Waals surface area contributed by atoms with Crippen LogP contribution in [0.4, 0.5) is 5.82 Å². The molecule has 1 aliphatic carbocycles. The van der Waals surface area contributed by atoms with Crippen molar-refractivity contribution in [2.75, 3.05) is 18.0 Å². The van der Waals surface area contributed by atoms with Crippen LogP contribution in [0, 0.1) is 0 Å². The highest BCUT2D eigenvalue weighted by Gasteiger charge is 2.26. The first-order valence-electron chi connectivity index (χ1n) is 10.1. The van der Waals surface area contributed by atoms with Gasteiger partial charge in [-0.2, -0.15) is 0 Å². The lowest BCUT2D eigenvalue weighted by Gasteiger charge is -2.34. The number of para-hydroxylation sites is 2. The lowest BCUT2D eigenvalue weighted by Crippen LogP contribution is -2.38. The monoisotopic (exact) mass is 363 g/mol. The molecule has 1 saturated heterocycles. The molecule has 1 fully saturated rings. The van der Waals surface area contributed by atoms with Crippen molar-refractivity contribution in [3.63, 3.8) is 0 Å². The minimum atomic E-state index is 0.00514. The molecule has 0 saturated carbocycles. The molecular formula is C21H25N5O. The molecule has 2 aliphatic rings. The molecule has 140 valence electrons. The first-order valence-corrected chi connectivity index (χ1v) is 10.1. The molecule has 0 radical (unpaired) electrons. The highest BCUT2D eigenvalue weighted by molar-refractivity contribution is 5.75. The number of rotatable bonds is 2. The van der Waals surface area contributed by atoms with Gasteiger partial charge in [0.1, 0.15) is 12.1 Å². The molecule has 0 unspecified atom stereocenters.